The molecule has 1 fully saturated rings. The molecule has 1 saturated carbocycles. The van der Waals surface area contributed by atoms with Gasteiger partial charge in [-0.25, -0.2) is 0 Å². The largest absolute Gasteiger partial charge is 0.392 e. The van der Waals surface area contributed by atoms with Crippen molar-refractivity contribution in [2.45, 2.75) is 37.7 Å². The first kappa shape index (κ1) is 8.27. The molecule has 0 saturated heterocycles. The Bertz CT molecular complexity index is 230. The van der Waals surface area contributed by atoms with E-state index < -0.39 is 0 Å². The highest BCUT2D eigenvalue weighted by molar-refractivity contribution is 7.10. The fraction of sp³-hybridized carbons (Fsp3) is 0.600. The summed E-state index contributed by atoms with van der Waals surface area (Å²) in [5.74, 6) is 0.429. The van der Waals surface area contributed by atoms with Gasteiger partial charge in [0.2, 0.25) is 0 Å². The van der Waals surface area contributed by atoms with E-state index in [0.29, 0.717) is 5.92 Å². The van der Waals surface area contributed by atoms with Crippen LogP contribution >= 0.6 is 11.3 Å². The van der Waals surface area contributed by atoms with Gasteiger partial charge in [-0.15, -0.1) is 11.3 Å². The molecule has 1 aromatic heterocycles. The third kappa shape index (κ3) is 1.54. The molecule has 0 aromatic carbocycles. The van der Waals surface area contributed by atoms with Crippen LogP contribution in [0.25, 0.3) is 0 Å². The monoisotopic (exact) mass is 182 g/mol. The van der Waals surface area contributed by atoms with Crippen LogP contribution in [-0.2, 0) is 0 Å². The van der Waals surface area contributed by atoms with Crippen LogP contribution in [0, 0.1) is 0 Å². The number of thiophene rings is 1. The minimum absolute atomic E-state index is 0.0857. The van der Waals surface area contributed by atoms with Crippen LogP contribution in [-0.4, -0.2) is 11.2 Å². The lowest BCUT2D eigenvalue weighted by Crippen LogP contribution is -2.21. The van der Waals surface area contributed by atoms with Gasteiger partial charge in [0, 0.05) is 10.8 Å². The molecule has 0 spiro atoms. The molecular formula is C10H14OS. The molecule has 0 unspecified atom stereocenters. The van der Waals surface area contributed by atoms with Gasteiger partial charge in [0.1, 0.15) is 0 Å². The Hall–Kier alpha value is -0.340. The summed E-state index contributed by atoms with van der Waals surface area (Å²) < 4.78 is 0. The Labute approximate surface area is 77.0 Å². The summed E-state index contributed by atoms with van der Waals surface area (Å²) in [5.41, 5.74) is 0. The van der Waals surface area contributed by atoms with Gasteiger partial charge in [-0.1, -0.05) is 18.9 Å². The second kappa shape index (κ2) is 3.58. The van der Waals surface area contributed by atoms with Crippen LogP contribution in [0.5, 0.6) is 0 Å². The molecule has 66 valence electrons. The van der Waals surface area contributed by atoms with Gasteiger partial charge < -0.3 is 5.11 Å². The predicted molar refractivity (Wildman–Crippen MR) is 51.5 cm³/mol. The van der Waals surface area contributed by atoms with Gasteiger partial charge in [0.25, 0.3) is 0 Å². The van der Waals surface area contributed by atoms with E-state index in [1.54, 1.807) is 11.3 Å². The van der Waals surface area contributed by atoms with Gasteiger partial charge in [-0.05, 0) is 24.3 Å². The summed E-state index contributed by atoms with van der Waals surface area (Å²) in [5, 5.41) is 11.8. The molecule has 12 heavy (non-hydrogen) atoms. The second-order valence-corrected chi connectivity index (χ2v) is 4.45. The molecule has 0 bridgehead atoms. The molecule has 1 aliphatic rings. The van der Waals surface area contributed by atoms with Crippen molar-refractivity contribution in [2.24, 2.45) is 0 Å². The zero-order chi connectivity index (χ0) is 8.39. The van der Waals surface area contributed by atoms with Gasteiger partial charge in [-0.3, -0.25) is 0 Å². The van der Waals surface area contributed by atoms with E-state index in [-0.39, 0.29) is 6.10 Å². The van der Waals surface area contributed by atoms with E-state index in [1.165, 1.54) is 24.1 Å². The summed E-state index contributed by atoms with van der Waals surface area (Å²) in [6, 6.07) is 4.21. The number of rotatable bonds is 1. The minimum atomic E-state index is -0.0857. The fourth-order valence-electron chi connectivity index (χ4n) is 1.95. The molecule has 1 N–H and O–H groups in total. The first-order valence-corrected chi connectivity index (χ1v) is 5.47. The molecular weight excluding hydrogens is 168 g/mol. The van der Waals surface area contributed by atoms with Crippen molar-refractivity contribution in [3.63, 3.8) is 0 Å². The zero-order valence-corrected chi connectivity index (χ0v) is 7.89. The molecule has 1 nitrogen and oxygen atoms in total. The van der Waals surface area contributed by atoms with Crippen molar-refractivity contribution >= 4 is 11.3 Å². The third-order valence-electron chi connectivity index (χ3n) is 2.64. The highest BCUT2D eigenvalue weighted by Crippen LogP contribution is 2.35. The maximum atomic E-state index is 9.75. The van der Waals surface area contributed by atoms with Crippen molar-refractivity contribution in [1.82, 2.24) is 0 Å². The topological polar surface area (TPSA) is 20.2 Å². The molecule has 0 radical (unpaired) electrons. The highest BCUT2D eigenvalue weighted by atomic mass is 32.1. The normalized spacial score (nSPS) is 30.4. The molecule has 2 heteroatoms. The van der Waals surface area contributed by atoms with Crippen LogP contribution in [0.2, 0.25) is 0 Å². The maximum absolute atomic E-state index is 9.75. The molecule has 0 amide bonds. The van der Waals surface area contributed by atoms with E-state index in [1.807, 2.05) is 0 Å². The standard InChI is InChI=1S/C10H14OS/c11-9-5-2-1-4-8(9)10-6-3-7-12-10/h3,6-9,11H,1-2,4-5H2/t8-,9-/m1/s1. The SMILES string of the molecule is O[C@@H]1CCCC[C@H]1c1cccs1. The van der Waals surface area contributed by atoms with E-state index in [0.717, 1.165) is 6.42 Å². The average Bonchev–Trinajstić information content (AvgIpc) is 2.57. The molecule has 1 heterocycles. The summed E-state index contributed by atoms with van der Waals surface area (Å²) in [7, 11) is 0. The number of hydrogen-bond acceptors (Lipinski definition) is 2. The second-order valence-electron chi connectivity index (χ2n) is 3.47. The van der Waals surface area contributed by atoms with Crippen LogP contribution in [0.4, 0.5) is 0 Å². The van der Waals surface area contributed by atoms with Crippen molar-refractivity contribution in [3.05, 3.63) is 22.4 Å². The summed E-state index contributed by atoms with van der Waals surface area (Å²) in [6.07, 6.45) is 4.55. The Morgan fingerprint density at radius 1 is 1.33 bits per heavy atom. The van der Waals surface area contributed by atoms with Crippen molar-refractivity contribution in [1.29, 1.82) is 0 Å². The number of hydrogen-bond donors (Lipinski definition) is 1. The maximum Gasteiger partial charge on any atom is 0.0616 e. The first-order valence-electron chi connectivity index (χ1n) is 4.59. The van der Waals surface area contributed by atoms with Gasteiger partial charge in [0.15, 0.2) is 0 Å². The summed E-state index contributed by atoms with van der Waals surface area (Å²) in [6.45, 7) is 0. The highest BCUT2D eigenvalue weighted by Gasteiger charge is 2.24. The quantitative estimate of drug-likeness (QED) is 0.708. The van der Waals surface area contributed by atoms with Gasteiger partial charge in [-0.2, -0.15) is 0 Å². The van der Waals surface area contributed by atoms with Crippen LogP contribution in [0.3, 0.4) is 0 Å². The Morgan fingerprint density at radius 3 is 2.83 bits per heavy atom. The average molecular weight is 182 g/mol. The summed E-state index contributed by atoms with van der Waals surface area (Å²) in [4.78, 5) is 1.36. The fourth-order valence-corrected chi connectivity index (χ4v) is 2.87. The van der Waals surface area contributed by atoms with Crippen LogP contribution in [0.15, 0.2) is 17.5 Å². The van der Waals surface area contributed by atoms with Crippen LogP contribution < -0.4 is 0 Å². The first-order chi connectivity index (χ1) is 5.88. The van der Waals surface area contributed by atoms with E-state index in [4.69, 9.17) is 0 Å². The van der Waals surface area contributed by atoms with Crippen molar-refractivity contribution in [3.8, 4) is 0 Å². The van der Waals surface area contributed by atoms with Crippen molar-refractivity contribution in [2.75, 3.05) is 0 Å². The lowest BCUT2D eigenvalue weighted by atomic mass is 9.86. The smallest absolute Gasteiger partial charge is 0.0616 e. The minimum Gasteiger partial charge on any atom is -0.392 e. The lowest BCUT2D eigenvalue weighted by Gasteiger charge is -2.26. The van der Waals surface area contributed by atoms with Crippen molar-refractivity contribution < 1.29 is 5.11 Å². The third-order valence-corrected chi connectivity index (χ3v) is 3.64. The lowest BCUT2D eigenvalue weighted by molar-refractivity contribution is 0.107. The molecule has 0 aliphatic heterocycles. The number of aliphatic hydroxyl groups is 1. The molecule has 2 atom stereocenters. The number of aliphatic hydroxyl groups excluding tert-OH is 1. The predicted octanol–water partition coefficient (Wildman–Crippen LogP) is 2.77. The van der Waals surface area contributed by atoms with Gasteiger partial charge >= 0.3 is 0 Å². The Kier molecular flexibility index (Phi) is 2.47. The molecule has 1 aromatic rings. The van der Waals surface area contributed by atoms with E-state index in [2.05, 4.69) is 17.5 Å². The molecule has 1 aliphatic carbocycles. The van der Waals surface area contributed by atoms with Gasteiger partial charge in [0.05, 0.1) is 6.10 Å². The Balaban J connectivity index is 2.11. The molecule has 2 rings (SSSR count). The summed E-state index contributed by atoms with van der Waals surface area (Å²) >= 11 is 1.77. The Morgan fingerprint density at radius 2 is 2.17 bits per heavy atom. The van der Waals surface area contributed by atoms with Crippen LogP contribution in [0.1, 0.15) is 36.5 Å². The zero-order valence-electron chi connectivity index (χ0n) is 7.07. The van der Waals surface area contributed by atoms with E-state index >= 15 is 0 Å². The van der Waals surface area contributed by atoms with E-state index in [9.17, 15) is 5.11 Å².